The molecule has 0 N–H and O–H groups in total. The van der Waals surface area contributed by atoms with Crippen molar-refractivity contribution in [2.45, 2.75) is 37.1 Å². The van der Waals surface area contributed by atoms with Crippen LogP contribution in [0, 0.1) is 0 Å². The van der Waals surface area contributed by atoms with Crippen LogP contribution >= 0.6 is 0 Å². The molecule has 0 bridgehead atoms. The quantitative estimate of drug-likeness (QED) is 0.488. The van der Waals surface area contributed by atoms with Gasteiger partial charge in [-0.1, -0.05) is 36.4 Å². The molecule has 1 aromatic carbocycles. The first-order valence-corrected chi connectivity index (χ1v) is 7.89. The van der Waals surface area contributed by atoms with E-state index in [2.05, 4.69) is 6.58 Å². The Morgan fingerprint density at radius 1 is 1.38 bits per heavy atom. The summed E-state index contributed by atoms with van der Waals surface area (Å²) < 4.78 is 18.9. The molecule has 0 aromatic heterocycles. The largest absolute Gasteiger partial charge is 0.467 e. The highest BCUT2D eigenvalue weighted by Crippen LogP contribution is 2.57. The Morgan fingerprint density at radius 3 is 2.38 bits per heavy atom. The Labute approximate surface area is 128 Å². The second kappa shape index (κ2) is 5.39. The molecular weight excluding hydrogens is 286 g/mol. The fraction of sp³-hybridized carbons (Fsp3) is 0.438. The first-order valence-electron chi connectivity index (χ1n) is 6.79. The molecule has 1 aliphatic rings. The minimum Gasteiger partial charge on any atom is -0.467 e. The van der Waals surface area contributed by atoms with Crippen LogP contribution in [0.4, 0.5) is 0 Å². The number of benzene rings is 1. The third kappa shape index (κ3) is 2.45. The van der Waals surface area contributed by atoms with Gasteiger partial charge in [0.25, 0.3) is 0 Å². The number of methoxy groups -OCH3 is 1. The summed E-state index contributed by atoms with van der Waals surface area (Å²) in [4.78, 5) is 12.3. The average Bonchev–Trinajstić information content (AvgIpc) is 3.15. The lowest BCUT2D eigenvalue weighted by molar-refractivity contribution is -0.143. The van der Waals surface area contributed by atoms with Crippen LogP contribution in [-0.2, 0) is 20.5 Å². The minimum absolute atomic E-state index is 0.302. The van der Waals surface area contributed by atoms with Gasteiger partial charge in [0.15, 0.2) is 5.54 Å². The summed E-state index contributed by atoms with van der Waals surface area (Å²) in [5.74, 6) is -0.427. The third-order valence-electron chi connectivity index (χ3n) is 3.59. The van der Waals surface area contributed by atoms with E-state index in [0.29, 0.717) is 0 Å². The van der Waals surface area contributed by atoms with Crippen LogP contribution < -0.4 is 0 Å². The Hall–Kier alpha value is -1.46. The summed E-state index contributed by atoms with van der Waals surface area (Å²) in [6.45, 7) is 9.43. The number of nitrogens with zero attached hydrogens (tertiary/aromatic N) is 1. The maximum Gasteiger partial charge on any atom is 0.333 e. The van der Waals surface area contributed by atoms with Crippen LogP contribution in [0.15, 0.2) is 43.0 Å². The monoisotopic (exact) mass is 307 g/mol. The van der Waals surface area contributed by atoms with E-state index < -0.39 is 27.2 Å². The number of hydrogen-bond acceptors (Lipinski definition) is 3. The molecule has 114 valence electrons. The lowest BCUT2D eigenvalue weighted by Gasteiger charge is -2.20. The van der Waals surface area contributed by atoms with Crippen molar-refractivity contribution in [3.05, 3.63) is 48.6 Å². The Kier molecular flexibility index (Phi) is 4.08. The zero-order chi connectivity index (χ0) is 15.8. The van der Waals surface area contributed by atoms with E-state index >= 15 is 0 Å². The topological polar surface area (TPSA) is 46.4 Å². The van der Waals surface area contributed by atoms with Crippen LogP contribution in [0.3, 0.4) is 0 Å². The van der Waals surface area contributed by atoms with Crippen molar-refractivity contribution in [2.75, 3.05) is 7.11 Å². The lowest BCUT2D eigenvalue weighted by atomic mass is 10.00. The summed E-state index contributed by atoms with van der Waals surface area (Å²) in [5, 5.41) is 0. The van der Waals surface area contributed by atoms with Gasteiger partial charge in [-0.3, -0.25) is 0 Å². The van der Waals surface area contributed by atoms with E-state index in [0.717, 1.165) is 5.56 Å². The van der Waals surface area contributed by atoms with E-state index in [4.69, 9.17) is 4.74 Å². The molecular formula is C16H21NO3S. The molecule has 1 saturated heterocycles. The second-order valence-electron chi connectivity index (χ2n) is 6.02. The zero-order valence-electron chi connectivity index (χ0n) is 12.8. The van der Waals surface area contributed by atoms with Gasteiger partial charge in [0.05, 0.1) is 17.9 Å². The first-order chi connectivity index (χ1) is 9.80. The fourth-order valence-electron chi connectivity index (χ4n) is 2.49. The summed E-state index contributed by atoms with van der Waals surface area (Å²) >= 11 is 0. The Balaban J connectivity index is 2.49. The molecule has 2 unspecified atom stereocenters. The molecule has 1 aromatic rings. The third-order valence-corrected chi connectivity index (χ3v) is 5.51. The number of hydrogen-bond donors (Lipinski definition) is 0. The SMILES string of the molecule is C=C[C@]1(C(=O)OC)[C@H](c2ccccc2)N1S(=O)C(C)(C)C. The number of rotatable bonds is 4. The molecule has 4 atom stereocenters. The molecule has 1 aliphatic heterocycles. The van der Waals surface area contributed by atoms with Crippen molar-refractivity contribution in [3.63, 3.8) is 0 Å². The van der Waals surface area contributed by atoms with Crippen LogP contribution in [0.5, 0.6) is 0 Å². The second-order valence-corrected chi connectivity index (χ2v) is 8.14. The van der Waals surface area contributed by atoms with Gasteiger partial charge in [-0.15, -0.1) is 6.58 Å². The van der Waals surface area contributed by atoms with E-state index in [1.165, 1.54) is 7.11 Å². The van der Waals surface area contributed by atoms with Crippen molar-refractivity contribution in [3.8, 4) is 0 Å². The summed E-state index contributed by atoms with van der Waals surface area (Å²) in [5.41, 5.74) is -0.116. The highest BCUT2D eigenvalue weighted by atomic mass is 32.2. The molecule has 21 heavy (non-hydrogen) atoms. The highest BCUT2D eigenvalue weighted by molar-refractivity contribution is 7.84. The molecule has 1 fully saturated rings. The van der Waals surface area contributed by atoms with Crippen molar-refractivity contribution >= 4 is 17.0 Å². The molecule has 1 heterocycles. The highest BCUT2D eigenvalue weighted by Gasteiger charge is 2.71. The standard InChI is InChI=1S/C16H21NO3S/c1-6-16(14(18)20-5)13(12-10-8-7-9-11-12)17(16)21(19)15(2,3)4/h6-11,13H,1H2,2-5H3/t13-,16+,17?,21?/m0/s1. The van der Waals surface area contributed by atoms with Gasteiger partial charge >= 0.3 is 5.97 Å². The van der Waals surface area contributed by atoms with E-state index in [1.54, 1.807) is 10.4 Å². The molecule has 4 nitrogen and oxygen atoms in total. The van der Waals surface area contributed by atoms with E-state index in [9.17, 15) is 9.00 Å². The van der Waals surface area contributed by atoms with Gasteiger partial charge in [-0.05, 0) is 26.3 Å². The summed E-state index contributed by atoms with van der Waals surface area (Å²) in [7, 11) is 0.000718. The molecule has 0 radical (unpaired) electrons. The van der Waals surface area contributed by atoms with E-state index in [-0.39, 0.29) is 6.04 Å². The van der Waals surface area contributed by atoms with Crippen molar-refractivity contribution in [2.24, 2.45) is 0 Å². The number of carbonyl (C=O) groups is 1. The molecule has 0 aliphatic carbocycles. The van der Waals surface area contributed by atoms with Crippen LogP contribution in [0.1, 0.15) is 32.4 Å². The predicted molar refractivity (Wildman–Crippen MR) is 83.9 cm³/mol. The van der Waals surface area contributed by atoms with Crippen LogP contribution in [0.2, 0.25) is 0 Å². The van der Waals surface area contributed by atoms with Gasteiger partial charge in [0, 0.05) is 0 Å². The molecule has 0 saturated carbocycles. The Morgan fingerprint density at radius 2 is 1.95 bits per heavy atom. The zero-order valence-corrected chi connectivity index (χ0v) is 13.6. The van der Waals surface area contributed by atoms with Crippen molar-refractivity contribution in [1.29, 1.82) is 0 Å². The number of carbonyl (C=O) groups excluding carboxylic acids is 1. The average molecular weight is 307 g/mol. The summed E-state index contributed by atoms with van der Waals surface area (Å²) in [6.07, 6.45) is 1.54. The van der Waals surface area contributed by atoms with Gasteiger partial charge in [0.1, 0.15) is 11.0 Å². The van der Waals surface area contributed by atoms with Gasteiger partial charge < -0.3 is 4.74 Å². The fourth-order valence-corrected chi connectivity index (χ4v) is 4.03. The molecule has 2 rings (SSSR count). The maximum atomic E-state index is 12.8. The van der Waals surface area contributed by atoms with Gasteiger partial charge in [-0.2, -0.15) is 4.31 Å². The minimum atomic E-state index is -1.34. The Bertz CT molecular complexity index is 579. The number of ether oxygens (including phenoxy) is 1. The van der Waals surface area contributed by atoms with Crippen molar-refractivity contribution in [1.82, 2.24) is 4.31 Å². The maximum absolute atomic E-state index is 12.8. The van der Waals surface area contributed by atoms with E-state index in [1.807, 2.05) is 51.1 Å². The van der Waals surface area contributed by atoms with Gasteiger partial charge in [-0.25, -0.2) is 9.00 Å². The predicted octanol–water partition coefficient (Wildman–Crippen LogP) is 2.60. The molecule has 0 amide bonds. The first kappa shape index (κ1) is 15.9. The smallest absolute Gasteiger partial charge is 0.333 e. The van der Waals surface area contributed by atoms with Crippen LogP contribution in [-0.4, -0.2) is 31.9 Å². The van der Waals surface area contributed by atoms with Crippen LogP contribution in [0.25, 0.3) is 0 Å². The lowest BCUT2D eigenvalue weighted by Crippen LogP contribution is -2.35. The number of esters is 1. The normalized spacial score (nSPS) is 29.5. The molecule has 5 heteroatoms. The van der Waals surface area contributed by atoms with Crippen molar-refractivity contribution < 1.29 is 13.7 Å². The molecule has 0 spiro atoms. The summed E-state index contributed by atoms with van der Waals surface area (Å²) in [6, 6.07) is 9.25. The van der Waals surface area contributed by atoms with Gasteiger partial charge in [0.2, 0.25) is 0 Å².